The molecule has 0 amide bonds. The first-order chi connectivity index (χ1) is 9.82. The van der Waals surface area contributed by atoms with Gasteiger partial charge in [0.15, 0.2) is 0 Å². The molecule has 1 aromatic rings. The molecule has 1 atom stereocenters. The molecule has 1 fully saturated rings. The molecule has 1 aliphatic rings. The van der Waals surface area contributed by atoms with E-state index in [0.29, 0.717) is 18.8 Å². The monoisotopic (exact) mass is 298 g/mol. The van der Waals surface area contributed by atoms with Gasteiger partial charge in [-0.05, 0) is 31.0 Å². The number of rotatable bonds is 3. The Morgan fingerprint density at radius 1 is 1.24 bits per heavy atom. The fourth-order valence-electron chi connectivity index (χ4n) is 2.70. The van der Waals surface area contributed by atoms with E-state index in [9.17, 15) is 13.2 Å². The van der Waals surface area contributed by atoms with E-state index in [1.807, 2.05) is 24.3 Å². The molecule has 5 heteroatoms. The molecule has 0 aliphatic carbocycles. The summed E-state index contributed by atoms with van der Waals surface area (Å²) in [5.41, 5.74) is 2.51. The van der Waals surface area contributed by atoms with Gasteiger partial charge in [-0.2, -0.15) is 13.2 Å². The van der Waals surface area contributed by atoms with Gasteiger partial charge in [-0.25, -0.2) is 0 Å². The maximum atomic E-state index is 13.3. The summed E-state index contributed by atoms with van der Waals surface area (Å²) in [5.74, 6) is 0. The molecule has 21 heavy (non-hydrogen) atoms. The molecule has 1 saturated heterocycles. The van der Waals surface area contributed by atoms with Crippen LogP contribution < -0.4 is 4.90 Å². The minimum Gasteiger partial charge on any atom is -0.367 e. The molecule has 0 spiro atoms. The van der Waals surface area contributed by atoms with Crippen molar-refractivity contribution in [3.05, 3.63) is 42.1 Å². The number of nitrogens with zero attached hydrogens (tertiary/aromatic N) is 2. The van der Waals surface area contributed by atoms with Crippen molar-refractivity contribution in [2.45, 2.75) is 32.5 Å². The summed E-state index contributed by atoms with van der Waals surface area (Å²) < 4.78 is 39.8. The van der Waals surface area contributed by atoms with Crippen LogP contribution in [0.15, 0.2) is 36.5 Å². The normalized spacial score (nSPS) is 19.8. The van der Waals surface area contributed by atoms with Crippen molar-refractivity contribution in [3.8, 4) is 0 Å². The molecule has 1 aromatic carbocycles. The Morgan fingerprint density at radius 3 is 2.33 bits per heavy atom. The fraction of sp³-hybridized carbons (Fsp3) is 0.500. The summed E-state index contributed by atoms with van der Waals surface area (Å²) in [7, 11) is 0. The van der Waals surface area contributed by atoms with Crippen LogP contribution in [0, 0.1) is 0 Å². The largest absolute Gasteiger partial charge is 0.410 e. The number of anilines is 1. The van der Waals surface area contributed by atoms with Gasteiger partial charge in [-0.1, -0.05) is 25.6 Å². The first-order valence-electron chi connectivity index (χ1n) is 7.15. The molecule has 0 radical (unpaired) electrons. The smallest absolute Gasteiger partial charge is 0.367 e. The Morgan fingerprint density at radius 2 is 1.86 bits per heavy atom. The molecule has 0 saturated carbocycles. The summed E-state index contributed by atoms with van der Waals surface area (Å²) in [6, 6.07) is 6.27. The van der Waals surface area contributed by atoms with Crippen LogP contribution in [0.4, 0.5) is 18.9 Å². The van der Waals surface area contributed by atoms with Crippen molar-refractivity contribution < 1.29 is 13.2 Å². The lowest BCUT2D eigenvalue weighted by molar-refractivity contribution is -0.179. The van der Waals surface area contributed by atoms with Crippen molar-refractivity contribution in [3.63, 3.8) is 0 Å². The first kappa shape index (κ1) is 15.7. The molecule has 0 aromatic heterocycles. The molecule has 0 bridgehead atoms. The lowest BCUT2D eigenvalue weighted by atomic mass is 10.1. The van der Waals surface area contributed by atoms with Crippen LogP contribution in [0.5, 0.6) is 0 Å². The topological polar surface area (TPSA) is 6.48 Å². The van der Waals surface area contributed by atoms with Gasteiger partial charge in [0.25, 0.3) is 0 Å². The number of aryl methyl sites for hydroxylation is 1. The van der Waals surface area contributed by atoms with Gasteiger partial charge in [0.05, 0.1) is 0 Å². The molecular formula is C16H21F3N2. The van der Waals surface area contributed by atoms with E-state index >= 15 is 0 Å². The fourth-order valence-corrected chi connectivity index (χ4v) is 2.70. The van der Waals surface area contributed by atoms with E-state index in [4.69, 9.17) is 0 Å². The van der Waals surface area contributed by atoms with Crippen LogP contribution in [0.1, 0.15) is 19.4 Å². The van der Waals surface area contributed by atoms with E-state index < -0.39 is 12.2 Å². The number of halogens is 3. The van der Waals surface area contributed by atoms with E-state index in [1.54, 1.807) is 11.8 Å². The predicted molar refractivity (Wildman–Crippen MR) is 79.4 cm³/mol. The lowest BCUT2D eigenvalue weighted by Gasteiger charge is -2.44. The average molecular weight is 298 g/mol. The Labute approximate surface area is 123 Å². The van der Waals surface area contributed by atoms with Crippen molar-refractivity contribution in [2.75, 3.05) is 24.5 Å². The zero-order chi connectivity index (χ0) is 15.6. The van der Waals surface area contributed by atoms with E-state index in [1.165, 1.54) is 10.5 Å². The van der Waals surface area contributed by atoms with E-state index in [0.717, 1.165) is 12.1 Å². The SMILES string of the molecule is C=C(C)N1CCN(c2ccc(CC)cc2)CC1C(F)(F)F. The predicted octanol–water partition coefficient (Wildman–Crippen LogP) is 3.84. The highest BCUT2D eigenvalue weighted by Crippen LogP contribution is 2.31. The van der Waals surface area contributed by atoms with E-state index in [-0.39, 0.29) is 6.54 Å². The second-order valence-electron chi connectivity index (χ2n) is 5.45. The van der Waals surface area contributed by atoms with Crippen LogP contribution in [-0.2, 0) is 6.42 Å². The summed E-state index contributed by atoms with van der Waals surface area (Å²) in [6.45, 7) is 8.22. The molecular weight excluding hydrogens is 277 g/mol. The minimum absolute atomic E-state index is 0.0537. The Bertz CT molecular complexity index is 493. The van der Waals surface area contributed by atoms with Crippen molar-refractivity contribution in [1.82, 2.24) is 4.90 Å². The third-order valence-corrected chi connectivity index (χ3v) is 3.96. The number of alkyl halides is 3. The van der Waals surface area contributed by atoms with Crippen LogP contribution in [0.2, 0.25) is 0 Å². The molecule has 116 valence electrons. The lowest BCUT2D eigenvalue weighted by Crippen LogP contribution is -2.58. The summed E-state index contributed by atoms with van der Waals surface area (Å²) in [5, 5.41) is 0. The molecule has 2 rings (SSSR count). The standard InChI is InChI=1S/C16H21F3N2/c1-4-13-5-7-14(8-6-13)20-9-10-21(12(2)3)15(11-20)16(17,18)19/h5-8,15H,2,4,9-11H2,1,3H3. The van der Waals surface area contributed by atoms with Gasteiger partial charge in [0.1, 0.15) is 6.04 Å². The van der Waals surface area contributed by atoms with Crippen LogP contribution >= 0.6 is 0 Å². The average Bonchev–Trinajstić information content (AvgIpc) is 2.45. The number of piperazine rings is 1. The molecule has 1 unspecified atom stereocenters. The van der Waals surface area contributed by atoms with Crippen molar-refractivity contribution in [1.29, 1.82) is 0 Å². The summed E-state index contributed by atoms with van der Waals surface area (Å²) in [6.07, 6.45) is -3.32. The maximum Gasteiger partial charge on any atom is 0.410 e. The number of benzene rings is 1. The molecule has 0 N–H and O–H groups in total. The van der Waals surface area contributed by atoms with Gasteiger partial charge in [-0.15, -0.1) is 0 Å². The van der Waals surface area contributed by atoms with Crippen LogP contribution in [0.25, 0.3) is 0 Å². The molecule has 2 nitrogen and oxygen atoms in total. The summed E-state index contributed by atoms with van der Waals surface area (Å²) in [4.78, 5) is 3.16. The highest BCUT2D eigenvalue weighted by Gasteiger charge is 2.46. The number of allylic oxidation sites excluding steroid dienone is 1. The van der Waals surface area contributed by atoms with Gasteiger partial charge < -0.3 is 9.80 Å². The number of hydrogen-bond donors (Lipinski definition) is 0. The van der Waals surface area contributed by atoms with Gasteiger partial charge in [-0.3, -0.25) is 0 Å². The first-order valence-corrected chi connectivity index (χ1v) is 7.15. The van der Waals surface area contributed by atoms with E-state index in [2.05, 4.69) is 13.5 Å². The van der Waals surface area contributed by atoms with Crippen LogP contribution in [0.3, 0.4) is 0 Å². The number of hydrogen-bond acceptors (Lipinski definition) is 2. The summed E-state index contributed by atoms with van der Waals surface area (Å²) >= 11 is 0. The highest BCUT2D eigenvalue weighted by atomic mass is 19.4. The second kappa shape index (κ2) is 6.00. The second-order valence-corrected chi connectivity index (χ2v) is 5.45. The van der Waals surface area contributed by atoms with Crippen LogP contribution in [-0.4, -0.2) is 36.8 Å². The molecule has 1 aliphatic heterocycles. The quantitative estimate of drug-likeness (QED) is 0.836. The van der Waals surface area contributed by atoms with Gasteiger partial charge in [0, 0.05) is 31.0 Å². The Hall–Kier alpha value is -1.65. The Kier molecular flexibility index (Phi) is 4.49. The molecule has 1 heterocycles. The zero-order valence-corrected chi connectivity index (χ0v) is 12.5. The van der Waals surface area contributed by atoms with Crippen molar-refractivity contribution >= 4 is 5.69 Å². The van der Waals surface area contributed by atoms with Crippen molar-refractivity contribution in [2.24, 2.45) is 0 Å². The zero-order valence-electron chi connectivity index (χ0n) is 12.5. The maximum absolute atomic E-state index is 13.3. The Balaban J connectivity index is 2.18. The van der Waals surface area contributed by atoms with Gasteiger partial charge in [0.2, 0.25) is 0 Å². The minimum atomic E-state index is -4.25. The third kappa shape index (κ3) is 3.52. The highest BCUT2D eigenvalue weighted by molar-refractivity contribution is 5.48. The van der Waals surface area contributed by atoms with Gasteiger partial charge >= 0.3 is 6.18 Å². The third-order valence-electron chi connectivity index (χ3n) is 3.96.